The van der Waals surface area contributed by atoms with Gasteiger partial charge >= 0.3 is 0 Å². The summed E-state index contributed by atoms with van der Waals surface area (Å²) in [6, 6.07) is 6.37. The van der Waals surface area contributed by atoms with Crippen LogP contribution in [-0.2, 0) is 25.2 Å². The van der Waals surface area contributed by atoms with E-state index in [0.717, 1.165) is 18.7 Å². The molecule has 1 aliphatic heterocycles. The highest BCUT2D eigenvalue weighted by molar-refractivity contribution is 5.93. The molecule has 0 saturated heterocycles. The van der Waals surface area contributed by atoms with Crippen molar-refractivity contribution in [2.24, 2.45) is 0 Å². The van der Waals surface area contributed by atoms with Crippen LogP contribution >= 0.6 is 12.4 Å². The number of carbonyl (C=O) groups is 1. The first-order chi connectivity index (χ1) is 10.4. The predicted molar refractivity (Wildman–Crippen MR) is 92.6 cm³/mol. The zero-order chi connectivity index (χ0) is 15.7. The van der Waals surface area contributed by atoms with Crippen molar-refractivity contribution in [3.05, 3.63) is 52.8 Å². The van der Waals surface area contributed by atoms with E-state index in [4.69, 9.17) is 0 Å². The lowest BCUT2D eigenvalue weighted by atomic mass is 10.1. The van der Waals surface area contributed by atoms with E-state index in [1.54, 1.807) is 12.4 Å². The average molecular weight is 335 g/mol. The molecule has 1 aromatic heterocycles. The molecule has 0 spiro atoms. The van der Waals surface area contributed by atoms with Gasteiger partial charge in [0.25, 0.3) is 5.91 Å². The summed E-state index contributed by atoms with van der Waals surface area (Å²) in [5.41, 5.74) is 4.27. The lowest BCUT2D eigenvalue weighted by molar-refractivity contribution is 0.0950. The van der Waals surface area contributed by atoms with Gasteiger partial charge in [0, 0.05) is 25.8 Å². The fourth-order valence-corrected chi connectivity index (χ4v) is 2.55. The highest BCUT2D eigenvalue weighted by Gasteiger charge is 2.17. The first-order valence-corrected chi connectivity index (χ1v) is 7.58. The number of fused-ring (bicyclic) bond motifs is 1. The van der Waals surface area contributed by atoms with Gasteiger partial charge in [-0.15, -0.1) is 12.4 Å². The Kier molecular flexibility index (Phi) is 5.12. The van der Waals surface area contributed by atoms with Crippen LogP contribution in [0.15, 0.2) is 30.6 Å². The molecule has 3 rings (SSSR count). The summed E-state index contributed by atoms with van der Waals surface area (Å²) in [7, 11) is 0. The molecule has 2 heterocycles. The van der Waals surface area contributed by atoms with Gasteiger partial charge in [-0.2, -0.15) is 5.10 Å². The van der Waals surface area contributed by atoms with Crippen LogP contribution in [-0.4, -0.2) is 15.7 Å². The summed E-state index contributed by atoms with van der Waals surface area (Å²) in [6.07, 6.45) is 3.41. The number of carbonyl (C=O) groups excluding carboxylic acids is 1. The minimum atomic E-state index is -0.120. The van der Waals surface area contributed by atoms with Crippen molar-refractivity contribution in [3.63, 3.8) is 0 Å². The minimum absolute atomic E-state index is 0. The largest absolute Gasteiger partial charge is 0.348 e. The zero-order valence-corrected chi connectivity index (χ0v) is 14.5. The second-order valence-electron chi connectivity index (χ2n) is 6.73. The molecule has 1 aromatic carbocycles. The van der Waals surface area contributed by atoms with Gasteiger partial charge in [-0.3, -0.25) is 9.48 Å². The van der Waals surface area contributed by atoms with Crippen molar-refractivity contribution >= 4 is 18.3 Å². The number of benzene rings is 1. The molecule has 124 valence electrons. The van der Waals surface area contributed by atoms with E-state index in [1.807, 2.05) is 4.68 Å². The van der Waals surface area contributed by atoms with Gasteiger partial charge in [0.1, 0.15) is 0 Å². The Hall–Kier alpha value is -1.85. The predicted octanol–water partition coefficient (Wildman–Crippen LogP) is 2.59. The van der Waals surface area contributed by atoms with Crippen molar-refractivity contribution in [1.82, 2.24) is 20.4 Å². The molecule has 23 heavy (non-hydrogen) atoms. The van der Waals surface area contributed by atoms with E-state index in [-0.39, 0.29) is 23.9 Å². The number of halogens is 1. The molecule has 0 atom stereocenters. The summed E-state index contributed by atoms with van der Waals surface area (Å²) in [6.45, 7) is 8.55. The zero-order valence-electron chi connectivity index (χ0n) is 13.7. The Morgan fingerprint density at radius 3 is 2.74 bits per heavy atom. The maximum Gasteiger partial charge on any atom is 0.254 e. The number of nitrogens with zero attached hydrogens (tertiary/aromatic N) is 2. The number of rotatable bonds is 3. The SMILES string of the molecule is CC(C)(C)n1cc(C(=O)NCc2ccc3c(c2)CNC3)cn1.Cl. The minimum Gasteiger partial charge on any atom is -0.348 e. The first kappa shape index (κ1) is 17.5. The van der Waals surface area contributed by atoms with Crippen molar-refractivity contribution in [1.29, 1.82) is 0 Å². The van der Waals surface area contributed by atoms with Gasteiger partial charge in [-0.25, -0.2) is 0 Å². The van der Waals surface area contributed by atoms with E-state index >= 15 is 0 Å². The fraction of sp³-hybridized carbons (Fsp3) is 0.412. The van der Waals surface area contributed by atoms with Gasteiger partial charge in [-0.1, -0.05) is 18.2 Å². The van der Waals surface area contributed by atoms with Gasteiger partial charge in [0.15, 0.2) is 0 Å². The third-order valence-electron chi connectivity index (χ3n) is 3.89. The van der Waals surface area contributed by atoms with E-state index in [9.17, 15) is 4.79 Å². The molecule has 0 radical (unpaired) electrons. The second kappa shape index (κ2) is 6.72. The van der Waals surface area contributed by atoms with Crippen molar-refractivity contribution in [2.75, 3.05) is 0 Å². The molecule has 1 amide bonds. The molecule has 0 saturated carbocycles. The second-order valence-corrected chi connectivity index (χ2v) is 6.73. The summed E-state index contributed by atoms with van der Waals surface area (Å²) in [4.78, 5) is 12.2. The number of aromatic nitrogens is 2. The maximum absolute atomic E-state index is 12.2. The van der Waals surface area contributed by atoms with Crippen molar-refractivity contribution < 1.29 is 4.79 Å². The van der Waals surface area contributed by atoms with Crippen LogP contribution in [0.5, 0.6) is 0 Å². The highest BCUT2D eigenvalue weighted by atomic mass is 35.5. The van der Waals surface area contributed by atoms with E-state index in [0.29, 0.717) is 12.1 Å². The third-order valence-corrected chi connectivity index (χ3v) is 3.89. The molecule has 0 unspecified atom stereocenters. The molecular formula is C17H23ClN4O. The standard InChI is InChI=1S/C17H22N4O.ClH/c1-17(2,3)21-11-15(10-20-21)16(22)19-7-12-4-5-13-8-18-9-14(13)6-12;/h4-6,10-11,18H,7-9H2,1-3H3,(H,19,22);1H. The van der Waals surface area contributed by atoms with Crippen LogP contribution in [0.4, 0.5) is 0 Å². The number of amides is 1. The Balaban J connectivity index is 0.00000192. The summed E-state index contributed by atoms with van der Waals surface area (Å²) >= 11 is 0. The monoisotopic (exact) mass is 334 g/mol. The molecule has 2 aromatic rings. The highest BCUT2D eigenvalue weighted by Crippen LogP contribution is 2.17. The molecule has 6 heteroatoms. The molecule has 2 N–H and O–H groups in total. The van der Waals surface area contributed by atoms with Crippen LogP contribution < -0.4 is 10.6 Å². The molecule has 0 aliphatic carbocycles. The number of nitrogens with one attached hydrogen (secondary N) is 2. The van der Waals surface area contributed by atoms with Crippen molar-refractivity contribution in [2.45, 2.75) is 45.9 Å². The Morgan fingerprint density at radius 1 is 1.30 bits per heavy atom. The fourth-order valence-electron chi connectivity index (χ4n) is 2.55. The van der Waals surface area contributed by atoms with Crippen LogP contribution in [0.2, 0.25) is 0 Å². The smallest absolute Gasteiger partial charge is 0.254 e. The van der Waals surface area contributed by atoms with E-state index < -0.39 is 0 Å². The normalized spacial score (nSPS) is 13.3. The lowest BCUT2D eigenvalue weighted by Crippen LogP contribution is -2.24. The van der Waals surface area contributed by atoms with Gasteiger partial charge in [-0.05, 0) is 37.5 Å². The van der Waals surface area contributed by atoms with Crippen molar-refractivity contribution in [3.8, 4) is 0 Å². The quantitative estimate of drug-likeness (QED) is 0.907. The molecule has 5 nitrogen and oxygen atoms in total. The molecular weight excluding hydrogens is 312 g/mol. The average Bonchev–Trinajstić information content (AvgIpc) is 3.12. The molecule has 0 bridgehead atoms. The third kappa shape index (κ3) is 3.92. The van der Waals surface area contributed by atoms with Crippen LogP contribution in [0.25, 0.3) is 0 Å². The van der Waals surface area contributed by atoms with Crippen LogP contribution in [0.1, 0.15) is 47.8 Å². The van der Waals surface area contributed by atoms with E-state index in [1.165, 1.54) is 11.1 Å². The topological polar surface area (TPSA) is 59.0 Å². The van der Waals surface area contributed by atoms with Gasteiger partial charge in [0.2, 0.25) is 0 Å². The first-order valence-electron chi connectivity index (χ1n) is 7.58. The Morgan fingerprint density at radius 2 is 2.04 bits per heavy atom. The summed E-state index contributed by atoms with van der Waals surface area (Å²) in [5.74, 6) is -0.0888. The van der Waals surface area contributed by atoms with Crippen LogP contribution in [0.3, 0.4) is 0 Å². The summed E-state index contributed by atoms with van der Waals surface area (Å²) < 4.78 is 1.81. The van der Waals surface area contributed by atoms with Crippen LogP contribution in [0, 0.1) is 0 Å². The molecule has 0 fully saturated rings. The maximum atomic E-state index is 12.2. The van der Waals surface area contributed by atoms with Gasteiger partial charge < -0.3 is 10.6 Å². The number of hydrogen-bond donors (Lipinski definition) is 2. The number of hydrogen-bond acceptors (Lipinski definition) is 3. The Bertz CT molecular complexity index is 703. The van der Waals surface area contributed by atoms with E-state index in [2.05, 4.69) is 54.7 Å². The molecule has 1 aliphatic rings. The van der Waals surface area contributed by atoms with Gasteiger partial charge in [0.05, 0.1) is 17.3 Å². The summed E-state index contributed by atoms with van der Waals surface area (Å²) in [5, 5.41) is 10.5. The Labute approximate surface area is 142 Å². The lowest BCUT2D eigenvalue weighted by Gasteiger charge is -2.18.